The number of sulfonamides is 1. The zero-order chi connectivity index (χ0) is 22.4. The summed E-state index contributed by atoms with van der Waals surface area (Å²) in [6.07, 6.45) is 1.15. The summed E-state index contributed by atoms with van der Waals surface area (Å²) in [4.78, 5) is 30.2. The monoisotopic (exact) mass is 448 g/mol. The summed E-state index contributed by atoms with van der Waals surface area (Å²) >= 11 is 0. The number of para-hydroxylation sites is 1. The van der Waals surface area contributed by atoms with Crippen LogP contribution in [0.15, 0.2) is 47.5 Å². The summed E-state index contributed by atoms with van der Waals surface area (Å²) < 4.78 is 26.7. The Morgan fingerprint density at radius 2 is 1.84 bits per heavy atom. The lowest BCUT2D eigenvalue weighted by Crippen LogP contribution is -2.52. The molecule has 1 fully saturated rings. The molecule has 3 rings (SSSR count). The summed E-state index contributed by atoms with van der Waals surface area (Å²) in [5.41, 5.74) is 6.29. The van der Waals surface area contributed by atoms with E-state index in [1.165, 1.54) is 5.69 Å². The van der Waals surface area contributed by atoms with Gasteiger partial charge in [0.15, 0.2) is 0 Å². The molecule has 0 aliphatic carbocycles. The molecule has 1 saturated heterocycles. The van der Waals surface area contributed by atoms with Gasteiger partial charge in [0.2, 0.25) is 15.9 Å². The lowest BCUT2D eigenvalue weighted by atomic mass is 10.2. The van der Waals surface area contributed by atoms with E-state index in [0.717, 1.165) is 38.4 Å². The zero-order valence-electron chi connectivity index (χ0n) is 17.4. The maximum absolute atomic E-state index is 12.2. The molecule has 2 heterocycles. The fourth-order valence-corrected chi connectivity index (χ4v) is 4.40. The van der Waals surface area contributed by atoms with Crippen LogP contribution < -0.4 is 20.7 Å². The number of primary amides is 1. The average Bonchev–Trinajstić information content (AvgIpc) is 3.29. The van der Waals surface area contributed by atoms with Crippen LogP contribution in [0.2, 0.25) is 0 Å². The second-order valence-corrected chi connectivity index (χ2v) is 9.22. The third kappa shape index (κ3) is 6.06. The van der Waals surface area contributed by atoms with Crippen molar-refractivity contribution in [2.75, 3.05) is 44.2 Å². The number of nitrogens with one attached hydrogen (secondary N) is 3. The van der Waals surface area contributed by atoms with E-state index in [2.05, 4.69) is 37.0 Å². The Bertz CT molecular complexity index is 1000. The van der Waals surface area contributed by atoms with Crippen LogP contribution in [0.3, 0.4) is 0 Å². The van der Waals surface area contributed by atoms with Crippen molar-refractivity contribution < 1.29 is 18.0 Å². The van der Waals surface area contributed by atoms with Crippen molar-refractivity contribution in [3.8, 4) is 0 Å². The fraction of sp³-hybridized carbons (Fsp3) is 0.400. The Hall–Kier alpha value is -2.89. The van der Waals surface area contributed by atoms with E-state index in [9.17, 15) is 18.0 Å². The number of hydrogen-bond acceptors (Lipinski definition) is 6. The van der Waals surface area contributed by atoms with Crippen LogP contribution in [0.5, 0.6) is 0 Å². The summed E-state index contributed by atoms with van der Waals surface area (Å²) in [7, 11) is -3.93. The first-order valence-electron chi connectivity index (χ1n) is 10.0. The smallest absolute Gasteiger partial charge is 0.265 e. The maximum Gasteiger partial charge on any atom is 0.265 e. The lowest BCUT2D eigenvalue weighted by Gasteiger charge is -2.39. The second kappa shape index (κ2) is 9.94. The van der Waals surface area contributed by atoms with E-state index >= 15 is 0 Å². The molecule has 31 heavy (non-hydrogen) atoms. The van der Waals surface area contributed by atoms with Crippen LogP contribution >= 0.6 is 0 Å². The quantitative estimate of drug-likeness (QED) is 0.416. The Morgan fingerprint density at radius 1 is 1.16 bits per heavy atom. The highest BCUT2D eigenvalue weighted by atomic mass is 32.2. The van der Waals surface area contributed by atoms with Crippen LogP contribution in [-0.4, -0.2) is 75.4 Å². The Labute approximate surface area is 181 Å². The van der Waals surface area contributed by atoms with Gasteiger partial charge >= 0.3 is 0 Å². The molecule has 168 valence electrons. The average molecular weight is 449 g/mol. The van der Waals surface area contributed by atoms with Crippen molar-refractivity contribution >= 4 is 27.5 Å². The predicted octanol–water partition coefficient (Wildman–Crippen LogP) is -0.281. The van der Waals surface area contributed by atoms with Crippen LogP contribution in [-0.2, 0) is 14.8 Å². The Kier molecular flexibility index (Phi) is 7.31. The predicted molar refractivity (Wildman–Crippen MR) is 117 cm³/mol. The van der Waals surface area contributed by atoms with E-state index in [1.807, 2.05) is 25.1 Å². The number of nitrogens with zero attached hydrogens (tertiary/aromatic N) is 2. The number of nitrogens with two attached hydrogens (primary N) is 1. The zero-order valence-corrected chi connectivity index (χ0v) is 18.2. The highest BCUT2D eigenvalue weighted by Crippen LogP contribution is 2.16. The van der Waals surface area contributed by atoms with Crippen molar-refractivity contribution in [1.82, 2.24) is 19.9 Å². The number of anilines is 1. The van der Waals surface area contributed by atoms with Crippen LogP contribution in [0.1, 0.15) is 17.4 Å². The molecular weight excluding hydrogens is 420 g/mol. The molecule has 0 unspecified atom stereocenters. The largest absolute Gasteiger partial charge is 0.369 e. The van der Waals surface area contributed by atoms with Gasteiger partial charge in [0.05, 0.1) is 6.54 Å². The molecule has 10 nitrogen and oxygen atoms in total. The van der Waals surface area contributed by atoms with Crippen LogP contribution in [0.4, 0.5) is 5.69 Å². The van der Waals surface area contributed by atoms with E-state index in [4.69, 9.17) is 5.73 Å². The number of benzene rings is 1. The topological polar surface area (TPSA) is 141 Å². The first-order valence-corrected chi connectivity index (χ1v) is 11.5. The summed E-state index contributed by atoms with van der Waals surface area (Å²) in [6.45, 7) is 5.64. The number of H-pyrrole nitrogens is 1. The van der Waals surface area contributed by atoms with Crippen LogP contribution in [0.25, 0.3) is 0 Å². The Balaban J connectivity index is 1.40. The summed E-state index contributed by atoms with van der Waals surface area (Å²) in [5.74, 6) is -1.19. The van der Waals surface area contributed by atoms with Crippen LogP contribution in [0, 0.1) is 0 Å². The van der Waals surface area contributed by atoms with Crippen molar-refractivity contribution in [3.63, 3.8) is 0 Å². The van der Waals surface area contributed by atoms with Gasteiger partial charge in [-0.25, -0.2) is 13.1 Å². The molecule has 0 bridgehead atoms. The van der Waals surface area contributed by atoms with Crippen molar-refractivity contribution in [1.29, 1.82) is 0 Å². The maximum atomic E-state index is 12.2. The number of aromatic amines is 1. The Morgan fingerprint density at radius 3 is 2.45 bits per heavy atom. The first-order chi connectivity index (χ1) is 14.8. The normalized spacial score (nSPS) is 16.1. The van der Waals surface area contributed by atoms with E-state index < -0.39 is 28.4 Å². The molecule has 1 aromatic heterocycles. The third-order valence-electron chi connectivity index (χ3n) is 5.31. The molecule has 2 aromatic rings. The second-order valence-electron chi connectivity index (χ2n) is 7.45. The van der Waals surface area contributed by atoms with Gasteiger partial charge in [0, 0.05) is 50.6 Å². The molecule has 2 amide bonds. The molecule has 0 saturated carbocycles. The van der Waals surface area contributed by atoms with Crippen molar-refractivity contribution in [3.05, 3.63) is 48.3 Å². The lowest BCUT2D eigenvalue weighted by molar-refractivity contribution is -0.120. The SMILES string of the molecule is C[C@@H](CNC(=O)CNS(=O)(=O)c1c[nH]c(C(N)=O)c1)N1CCN(c2ccccc2)CC1. The van der Waals surface area contributed by atoms with E-state index in [1.54, 1.807) is 0 Å². The van der Waals surface area contributed by atoms with Gasteiger partial charge in [-0.2, -0.15) is 0 Å². The molecule has 1 aromatic carbocycles. The molecule has 0 spiro atoms. The van der Waals surface area contributed by atoms with Gasteiger partial charge in [0.25, 0.3) is 5.91 Å². The standard InChI is InChI=1S/C20H28N6O4S/c1-15(25-7-9-26(10-8-25)16-5-3-2-4-6-16)12-23-19(27)14-24-31(29,30)17-11-18(20(21)28)22-13-17/h2-6,11,13,15,22,24H,7-10,12,14H2,1H3,(H2,21,28)(H,23,27)/t15-/m0/s1. The fourth-order valence-electron chi connectivity index (χ4n) is 3.43. The highest BCUT2D eigenvalue weighted by molar-refractivity contribution is 7.89. The van der Waals surface area contributed by atoms with Gasteiger partial charge in [-0.05, 0) is 25.1 Å². The molecule has 1 aliphatic rings. The summed E-state index contributed by atoms with van der Waals surface area (Å²) in [6, 6.07) is 11.5. The van der Waals surface area contributed by atoms with Gasteiger partial charge in [-0.1, -0.05) is 18.2 Å². The number of amides is 2. The van der Waals surface area contributed by atoms with Gasteiger partial charge < -0.3 is 20.9 Å². The highest BCUT2D eigenvalue weighted by Gasteiger charge is 2.22. The van der Waals surface area contributed by atoms with E-state index in [0.29, 0.717) is 6.54 Å². The molecule has 0 radical (unpaired) electrons. The number of aromatic nitrogens is 1. The first kappa shape index (κ1) is 22.8. The molecule has 1 atom stereocenters. The summed E-state index contributed by atoms with van der Waals surface area (Å²) in [5, 5.41) is 2.77. The van der Waals surface area contributed by atoms with Crippen molar-refractivity contribution in [2.24, 2.45) is 5.73 Å². The van der Waals surface area contributed by atoms with Crippen molar-refractivity contribution in [2.45, 2.75) is 17.9 Å². The van der Waals surface area contributed by atoms with Gasteiger partial charge in [-0.3, -0.25) is 14.5 Å². The molecule has 5 N–H and O–H groups in total. The minimum absolute atomic E-state index is 0.0222. The number of hydrogen-bond donors (Lipinski definition) is 4. The number of piperazine rings is 1. The molecular formula is C20H28N6O4S. The van der Waals surface area contributed by atoms with E-state index in [-0.39, 0.29) is 16.6 Å². The molecule has 1 aliphatic heterocycles. The van der Waals surface area contributed by atoms with Gasteiger partial charge in [-0.15, -0.1) is 0 Å². The number of carbonyl (C=O) groups excluding carboxylic acids is 2. The minimum Gasteiger partial charge on any atom is -0.369 e. The van der Waals surface area contributed by atoms with Gasteiger partial charge in [0.1, 0.15) is 10.6 Å². The third-order valence-corrected chi connectivity index (χ3v) is 6.69. The minimum atomic E-state index is -3.93. The number of rotatable bonds is 9. The molecule has 11 heteroatoms. The number of carbonyl (C=O) groups is 2.